The number of nitrogens with one attached hydrogen (secondary N) is 1. The van der Waals surface area contributed by atoms with Crippen molar-refractivity contribution in [2.75, 3.05) is 5.32 Å². The molecule has 0 saturated heterocycles. The molecule has 1 aromatic heterocycles. The van der Waals surface area contributed by atoms with E-state index in [0.717, 1.165) is 23.8 Å². The second-order valence-electron chi connectivity index (χ2n) is 5.13. The number of benzene rings is 2. The highest BCUT2D eigenvalue weighted by molar-refractivity contribution is 6.04. The number of halogens is 2. The Balaban J connectivity index is 1.86. The first kappa shape index (κ1) is 15.8. The van der Waals surface area contributed by atoms with Gasteiger partial charge in [0.05, 0.1) is 0 Å². The van der Waals surface area contributed by atoms with Gasteiger partial charge in [-0.15, -0.1) is 10.2 Å². The van der Waals surface area contributed by atoms with E-state index in [4.69, 9.17) is 0 Å². The quantitative estimate of drug-likeness (QED) is 0.797. The monoisotopic (exact) mass is 328 g/mol. The first-order valence-electron chi connectivity index (χ1n) is 7.32. The lowest BCUT2D eigenvalue weighted by Crippen LogP contribution is -2.12. The summed E-state index contributed by atoms with van der Waals surface area (Å²) >= 11 is 0. The summed E-state index contributed by atoms with van der Waals surface area (Å²) < 4.78 is 28.3. The molecule has 2 aromatic carbocycles. The summed E-state index contributed by atoms with van der Waals surface area (Å²) in [6.07, 6.45) is 1.62. The van der Waals surface area contributed by atoms with E-state index in [1.54, 1.807) is 24.5 Å². The number of nitrogens with zero attached hydrogens (tertiary/aromatic N) is 3. The molecule has 0 atom stereocenters. The van der Waals surface area contributed by atoms with Crippen LogP contribution >= 0.6 is 0 Å². The number of hydrogen-bond donors (Lipinski definition) is 1. The van der Waals surface area contributed by atoms with Crippen LogP contribution in [0.15, 0.2) is 48.8 Å². The van der Waals surface area contributed by atoms with Crippen LogP contribution in [0.25, 0.3) is 11.4 Å². The molecule has 122 valence electrons. The Labute approximate surface area is 137 Å². The van der Waals surface area contributed by atoms with E-state index in [9.17, 15) is 13.6 Å². The van der Waals surface area contributed by atoms with Gasteiger partial charge in [-0.05, 0) is 31.2 Å². The first-order chi connectivity index (χ1) is 11.6. The molecule has 7 heteroatoms. The second-order valence-corrected chi connectivity index (χ2v) is 5.13. The van der Waals surface area contributed by atoms with Crippen LogP contribution in [0.5, 0.6) is 0 Å². The highest BCUT2D eigenvalue weighted by atomic mass is 19.1. The van der Waals surface area contributed by atoms with Crippen LogP contribution in [0, 0.1) is 11.6 Å². The van der Waals surface area contributed by atoms with Crippen LogP contribution in [-0.4, -0.2) is 20.7 Å². The molecule has 0 spiro atoms. The minimum atomic E-state index is -0.801. The zero-order valence-electron chi connectivity index (χ0n) is 12.8. The van der Waals surface area contributed by atoms with E-state index in [1.165, 1.54) is 0 Å². The summed E-state index contributed by atoms with van der Waals surface area (Å²) in [5, 5.41) is 10.6. The zero-order chi connectivity index (χ0) is 17.1. The van der Waals surface area contributed by atoms with Crippen molar-refractivity contribution in [3.05, 3.63) is 66.0 Å². The summed E-state index contributed by atoms with van der Waals surface area (Å²) in [4.78, 5) is 12.2. The van der Waals surface area contributed by atoms with E-state index in [-0.39, 0.29) is 5.56 Å². The molecule has 0 radical (unpaired) electrons. The van der Waals surface area contributed by atoms with Gasteiger partial charge in [-0.1, -0.05) is 12.1 Å². The van der Waals surface area contributed by atoms with Gasteiger partial charge in [-0.2, -0.15) is 0 Å². The fourth-order valence-corrected chi connectivity index (χ4v) is 2.33. The fourth-order valence-electron chi connectivity index (χ4n) is 2.33. The Kier molecular flexibility index (Phi) is 4.33. The Bertz CT molecular complexity index is 872. The minimum Gasteiger partial charge on any atom is -0.322 e. The smallest absolute Gasteiger partial charge is 0.255 e. The number of anilines is 1. The Morgan fingerprint density at radius 2 is 1.92 bits per heavy atom. The van der Waals surface area contributed by atoms with Crippen molar-refractivity contribution in [3.8, 4) is 11.4 Å². The van der Waals surface area contributed by atoms with Crippen molar-refractivity contribution in [1.29, 1.82) is 0 Å². The molecule has 24 heavy (non-hydrogen) atoms. The minimum absolute atomic E-state index is 0.0883. The molecule has 0 bridgehead atoms. The molecular formula is C17H14F2N4O. The highest BCUT2D eigenvalue weighted by Gasteiger charge is 2.11. The number of carbonyl (C=O) groups excluding carboxylic acids is 1. The molecule has 1 heterocycles. The topological polar surface area (TPSA) is 59.8 Å². The lowest BCUT2D eigenvalue weighted by Gasteiger charge is -2.08. The number of aryl methyl sites for hydroxylation is 1. The fraction of sp³-hybridized carbons (Fsp3) is 0.118. The maximum atomic E-state index is 13.2. The zero-order valence-corrected chi connectivity index (χ0v) is 12.8. The number of carbonyl (C=O) groups is 1. The largest absolute Gasteiger partial charge is 0.322 e. The van der Waals surface area contributed by atoms with Crippen molar-refractivity contribution in [3.63, 3.8) is 0 Å². The van der Waals surface area contributed by atoms with Crippen molar-refractivity contribution < 1.29 is 13.6 Å². The highest BCUT2D eigenvalue weighted by Crippen LogP contribution is 2.21. The maximum Gasteiger partial charge on any atom is 0.255 e. The lowest BCUT2D eigenvalue weighted by atomic mass is 10.1. The molecule has 0 unspecified atom stereocenters. The van der Waals surface area contributed by atoms with Crippen molar-refractivity contribution >= 4 is 11.6 Å². The van der Waals surface area contributed by atoms with E-state index in [1.807, 2.05) is 17.6 Å². The molecule has 1 amide bonds. The molecule has 0 saturated carbocycles. The van der Waals surface area contributed by atoms with Crippen LogP contribution in [0.4, 0.5) is 14.5 Å². The summed E-state index contributed by atoms with van der Waals surface area (Å²) in [5.41, 5.74) is 1.18. The standard InChI is InChI=1S/C17H14F2N4O/c1-2-23-10-20-22-16(23)11-4-3-5-15(8-11)21-17(24)12-6-13(18)9-14(19)7-12/h3-10H,2H2,1H3,(H,21,24). The third-order valence-corrected chi connectivity index (χ3v) is 3.46. The Hall–Kier alpha value is -3.09. The Morgan fingerprint density at radius 1 is 1.17 bits per heavy atom. The van der Waals surface area contributed by atoms with Gasteiger partial charge in [0.2, 0.25) is 0 Å². The third-order valence-electron chi connectivity index (χ3n) is 3.46. The van der Waals surface area contributed by atoms with Crippen molar-refractivity contribution in [2.45, 2.75) is 13.5 Å². The van der Waals surface area contributed by atoms with E-state index in [2.05, 4.69) is 15.5 Å². The molecule has 0 aliphatic heterocycles. The van der Waals surface area contributed by atoms with Crippen LogP contribution in [-0.2, 0) is 6.54 Å². The van der Waals surface area contributed by atoms with Gasteiger partial charge in [-0.25, -0.2) is 8.78 Å². The number of aromatic nitrogens is 3. The molecule has 5 nitrogen and oxygen atoms in total. The van der Waals surface area contributed by atoms with Gasteiger partial charge in [0.1, 0.15) is 18.0 Å². The third kappa shape index (κ3) is 3.29. The average Bonchev–Trinajstić information content (AvgIpc) is 3.03. The van der Waals surface area contributed by atoms with Crippen molar-refractivity contribution in [2.24, 2.45) is 0 Å². The predicted octanol–water partition coefficient (Wildman–Crippen LogP) is 3.50. The Morgan fingerprint density at radius 3 is 2.62 bits per heavy atom. The van der Waals surface area contributed by atoms with Gasteiger partial charge in [0.25, 0.3) is 5.91 Å². The summed E-state index contributed by atoms with van der Waals surface area (Å²) in [6.45, 7) is 2.68. The van der Waals surface area contributed by atoms with E-state index in [0.29, 0.717) is 18.1 Å². The van der Waals surface area contributed by atoms with Gasteiger partial charge < -0.3 is 9.88 Å². The predicted molar refractivity (Wildman–Crippen MR) is 85.4 cm³/mol. The van der Waals surface area contributed by atoms with Crippen LogP contribution < -0.4 is 5.32 Å². The van der Waals surface area contributed by atoms with Gasteiger partial charge in [-0.3, -0.25) is 4.79 Å². The molecule has 3 aromatic rings. The van der Waals surface area contributed by atoms with Crippen LogP contribution in [0.1, 0.15) is 17.3 Å². The molecule has 0 aliphatic rings. The summed E-state index contributed by atoms with van der Waals surface area (Å²) in [5.74, 6) is -1.53. The first-order valence-corrected chi connectivity index (χ1v) is 7.32. The average molecular weight is 328 g/mol. The molecule has 0 aliphatic carbocycles. The SMILES string of the molecule is CCn1cnnc1-c1cccc(NC(=O)c2cc(F)cc(F)c2)c1. The number of hydrogen-bond acceptors (Lipinski definition) is 3. The van der Waals surface area contributed by atoms with Crippen LogP contribution in [0.2, 0.25) is 0 Å². The number of rotatable bonds is 4. The van der Waals surface area contributed by atoms with E-state index >= 15 is 0 Å². The van der Waals surface area contributed by atoms with Gasteiger partial charge in [0, 0.05) is 29.4 Å². The molecule has 0 fully saturated rings. The van der Waals surface area contributed by atoms with Gasteiger partial charge >= 0.3 is 0 Å². The van der Waals surface area contributed by atoms with E-state index < -0.39 is 17.5 Å². The molecular weight excluding hydrogens is 314 g/mol. The normalized spacial score (nSPS) is 10.6. The molecule has 3 rings (SSSR count). The maximum absolute atomic E-state index is 13.2. The second kappa shape index (κ2) is 6.57. The summed E-state index contributed by atoms with van der Waals surface area (Å²) in [7, 11) is 0. The summed E-state index contributed by atoms with van der Waals surface area (Å²) in [6, 6.07) is 9.69. The number of amides is 1. The lowest BCUT2D eigenvalue weighted by molar-refractivity contribution is 0.102. The van der Waals surface area contributed by atoms with Crippen molar-refractivity contribution in [1.82, 2.24) is 14.8 Å². The van der Waals surface area contributed by atoms with Crippen LogP contribution in [0.3, 0.4) is 0 Å². The molecule has 1 N–H and O–H groups in total. The van der Waals surface area contributed by atoms with Gasteiger partial charge in [0.15, 0.2) is 5.82 Å².